The van der Waals surface area contributed by atoms with Crippen molar-refractivity contribution in [3.05, 3.63) is 0 Å². The molecule has 1 rings (SSSR count). The normalized spacial score (nSPS) is 26.5. The summed E-state index contributed by atoms with van der Waals surface area (Å²) in [7, 11) is 0. The summed E-state index contributed by atoms with van der Waals surface area (Å²) in [5.74, 6) is 0.867. The molecule has 0 amide bonds. The van der Waals surface area contributed by atoms with Gasteiger partial charge in [-0.25, -0.2) is 0 Å². The second kappa shape index (κ2) is 8.10. The maximum Gasteiger partial charge on any atom is 0.0195 e. The van der Waals surface area contributed by atoms with Gasteiger partial charge in [0.2, 0.25) is 0 Å². The Labute approximate surface area is 108 Å². The van der Waals surface area contributed by atoms with E-state index in [1.54, 1.807) is 0 Å². The van der Waals surface area contributed by atoms with Gasteiger partial charge in [-0.15, -0.1) is 0 Å². The Morgan fingerprint density at radius 2 is 2.06 bits per heavy atom. The summed E-state index contributed by atoms with van der Waals surface area (Å²) in [6.45, 7) is 13.1. The molecule has 0 saturated carbocycles. The molecular formula is C15H32N2. The van der Waals surface area contributed by atoms with Crippen LogP contribution in [-0.4, -0.2) is 36.6 Å². The molecule has 1 heterocycles. The van der Waals surface area contributed by atoms with Crippen molar-refractivity contribution in [1.82, 2.24) is 10.2 Å². The summed E-state index contributed by atoms with van der Waals surface area (Å²) in [5.41, 5.74) is 0. The van der Waals surface area contributed by atoms with Crippen molar-refractivity contribution in [2.45, 2.75) is 71.9 Å². The van der Waals surface area contributed by atoms with Crippen molar-refractivity contribution in [2.24, 2.45) is 5.92 Å². The van der Waals surface area contributed by atoms with Crippen LogP contribution in [0.2, 0.25) is 0 Å². The fourth-order valence-corrected chi connectivity index (χ4v) is 2.87. The Morgan fingerprint density at radius 3 is 2.71 bits per heavy atom. The van der Waals surface area contributed by atoms with Gasteiger partial charge in [-0.1, -0.05) is 33.6 Å². The molecule has 1 aliphatic rings. The third-order valence-corrected chi connectivity index (χ3v) is 4.21. The monoisotopic (exact) mass is 240 g/mol. The maximum absolute atomic E-state index is 3.69. The first kappa shape index (κ1) is 15.0. The maximum atomic E-state index is 3.69. The van der Waals surface area contributed by atoms with Gasteiger partial charge in [-0.3, -0.25) is 4.90 Å². The number of nitrogens with zero attached hydrogens (tertiary/aromatic N) is 1. The molecule has 1 N–H and O–H groups in total. The molecule has 2 heteroatoms. The minimum Gasteiger partial charge on any atom is -0.313 e. The van der Waals surface area contributed by atoms with Crippen LogP contribution in [0.4, 0.5) is 0 Å². The van der Waals surface area contributed by atoms with Crippen molar-refractivity contribution in [1.29, 1.82) is 0 Å². The fraction of sp³-hybridized carbons (Fsp3) is 1.00. The SMILES string of the molecule is CCCC1CN(C(C)CC(C)CC)CCCN1. The number of rotatable bonds is 6. The summed E-state index contributed by atoms with van der Waals surface area (Å²) in [6.07, 6.45) is 6.60. The van der Waals surface area contributed by atoms with Crippen molar-refractivity contribution in [2.75, 3.05) is 19.6 Å². The fourth-order valence-electron chi connectivity index (χ4n) is 2.87. The van der Waals surface area contributed by atoms with Crippen molar-refractivity contribution in [3.63, 3.8) is 0 Å². The lowest BCUT2D eigenvalue weighted by atomic mass is 9.99. The summed E-state index contributed by atoms with van der Waals surface area (Å²) in [4.78, 5) is 2.71. The van der Waals surface area contributed by atoms with E-state index in [0.717, 1.165) is 18.0 Å². The van der Waals surface area contributed by atoms with Crippen molar-refractivity contribution < 1.29 is 0 Å². The largest absolute Gasteiger partial charge is 0.313 e. The molecule has 0 spiro atoms. The van der Waals surface area contributed by atoms with Gasteiger partial charge >= 0.3 is 0 Å². The first-order valence-corrected chi connectivity index (χ1v) is 7.64. The molecule has 1 aliphatic heterocycles. The van der Waals surface area contributed by atoms with Crippen LogP contribution in [-0.2, 0) is 0 Å². The molecule has 1 fully saturated rings. The van der Waals surface area contributed by atoms with Crippen LogP contribution in [0.15, 0.2) is 0 Å². The standard InChI is InChI=1S/C15H32N2/c1-5-8-15-12-17(10-7-9-16-15)14(4)11-13(3)6-2/h13-16H,5-12H2,1-4H3. The molecule has 0 radical (unpaired) electrons. The van der Waals surface area contributed by atoms with E-state index in [2.05, 4.69) is 37.9 Å². The lowest BCUT2D eigenvalue weighted by Gasteiger charge is -2.31. The predicted molar refractivity (Wildman–Crippen MR) is 76.4 cm³/mol. The summed E-state index contributed by atoms with van der Waals surface area (Å²) in [5, 5.41) is 3.69. The smallest absolute Gasteiger partial charge is 0.0195 e. The molecule has 0 aromatic rings. The Hall–Kier alpha value is -0.0800. The van der Waals surface area contributed by atoms with Gasteiger partial charge in [0.15, 0.2) is 0 Å². The number of hydrogen-bond donors (Lipinski definition) is 1. The van der Waals surface area contributed by atoms with Gasteiger partial charge in [0.1, 0.15) is 0 Å². The highest BCUT2D eigenvalue weighted by Gasteiger charge is 2.21. The quantitative estimate of drug-likeness (QED) is 0.766. The van der Waals surface area contributed by atoms with Crippen LogP contribution < -0.4 is 5.32 Å². The van der Waals surface area contributed by atoms with E-state index in [4.69, 9.17) is 0 Å². The van der Waals surface area contributed by atoms with Crippen LogP contribution in [0, 0.1) is 5.92 Å². The van der Waals surface area contributed by atoms with Gasteiger partial charge in [0, 0.05) is 18.6 Å². The van der Waals surface area contributed by atoms with Crippen LogP contribution in [0.5, 0.6) is 0 Å². The first-order valence-electron chi connectivity index (χ1n) is 7.64. The Bertz CT molecular complexity index is 193. The van der Waals surface area contributed by atoms with E-state index in [1.807, 2.05) is 0 Å². The first-order chi connectivity index (χ1) is 8.17. The van der Waals surface area contributed by atoms with Crippen LogP contribution in [0.25, 0.3) is 0 Å². The van der Waals surface area contributed by atoms with E-state index in [1.165, 1.54) is 51.7 Å². The van der Waals surface area contributed by atoms with Crippen molar-refractivity contribution in [3.8, 4) is 0 Å². The van der Waals surface area contributed by atoms with Crippen LogP contribution in [0.3, 0.4) is 0 Å². The second-order valence-electron chi connectivity index (χ2n) is 5.89. The highest BCUT2D eigenvalue weighted by Crippen LogP contribution is 2.17. The van der Waals surface area contributed by atoms with E-state index >= 15 is 0 Å². The Balaban J connectivity index is 2.43. The number of hydrogen-bond acceptors (Lipinski definition) is 2. The third-order valence-electron chi connectivity index (χ3n) is 4.21. The summed E-state index contributed by atoms with van der Waals surface area (Å²) >= 11 is 0. The van der Waals surface area contributed by atoms with Gasteiger partial charge in [-0.2, -0.15) is 0 Å². The molecule has 0 bridgehead atoms. The zero-order valence-electron chi connectivity index (χ0n) is 12.3. The summed E-state index contributed by atoms with van der Waals surface area (Å²) < 4.78 is 0. The zero-order chi connectivity index (χ0) is 12.7. The molecule has 2 nitrogen and oxygen atoms in total. The van der Waals surface area contributed by atoms with E-state index in [0.29, 0.717) is 0 Å². The molecule has 17 heavy (non-hydrogen) atoms. The molecule has 102 valence electrons. The van der Waals surface area contributed by atoms with Crippen molar-refractivity contribution >= 4 is 0 Å². The van der Waals surface area contributed by atoms with Gasteiger partial charge < -0.3 is 5.32 Å². The number of nitrogens with one attached hydrogen (secondary N) is 1. The zero-order valence-corrected chi connectivity index (χ0v) is 12.3. The van der Waals surface area contributed by atoms with Gasteiger partial charge in [-0.05, 0) is 45.2 Å². The Kier molecular flexibility index (Phi) is 7.14. The molecule has 3 unspecified atom stereocenters. The highest BCUT2D eigenvalue weighted by atomic mass is 15.2. The Morgan fingerprint density at radius 1 is 1.29 bits per heavy atom. The molecule has 1 saturated heterocycles. The minimum atomic E-state index is 0.724. The average molecular weight is 240 g/mol. The van der Waals surface area contributed by atoms with E-state index < -0.39 is 0 Å². The molecular weight excluding hydrogens is 208 g/mol. The van der Waals surface area contributed by atoms with E-state index in [-0.39, 0.29) is 0 Å². The minimum absolute atomic E-state index is 0.724. The molecule has 0 aromatic carbocycles. The summed E-state index contributed by atoms with van der Waals surface area (Å²) in [6, 6.07) is 1.48. The topological polar surface area (TPSA) is 15.3 Å². The van der Waals surface area contributed by atoms with Gasteiger partial charge in [0.05, 0.1) is 0 Å². The lowest BCUT2D eigenvalue weighted by Crippen LogP contribution is -2.42. The third kappa shape index (κ3) is 5.39. The van der Waals surface area contributed by atoms with E-state index in [9.17, 15) is 0 Å². The van der Waals surface area contributed by atoms with Crippen LogP contribution >= 0.6 is 0 Å². The molecule has 0 aromatic heterocycles. The second-order valence-corrected chi connectivity index (χ2v) is 5.89. The van der Waals surface area contributed by atoms with Gasteiger partial charge in [0.25, 0.3) is 0 Å². The lowest BCUT2D eigenvalue weighted by molar-refractivity contribution is 0.177. The van der Waals surface area contributed by atoms with Crippen LogP contribution in [0.1, 0.15) is 59.8 Å². The highest BCUT2D eigenvalue weighted by molar-refractivity contribution is 4.80. The average Bonchev–Trinajstić information content (AvgIpc) is 2.55. The molecule has 0 aliphatic carbocycles. The molecule has 3 atom stereocenters. The predicted octanol–water partition coefficient (Wildman–Crippen LogP) is 3.28.